The van der Waals surface area contributed by atoms with Crippen molar-refractivity contribution in [2.75, 3.05) is 30.9 Å². The van der Waals surface area contributed by atoms with Gasteiger partial charge in [-0.05, 0) is 44.0 Å². The molecule has 2 aromatic heterocycles. The Morgan fingerprint density at radius 1 is 1.22 bits per heavy atom. The number of anilines is 2. The zero-order valence-corrected chi connectivity index (χ0v) is 16.4. The van der Waals surface area contributed by atoms with E-state index in [0.717, 1.165) is 60.2 Å². The third-order valence-corrected chi connectivity index (χ3v) is 5.03. The second-order valence-corrected chi connectivity index (χ2v) is 7.37. The quantitative estimate of drug-likeness (QED) is 0.645. The lowest BCUT2D eigenvalue weighted by atomic mass is 10.1. The number of hydrogen-bond donors (Lipinski definition) is 3. The average Bonchev–Trinajstić information content (AvgIpc) is 3.08. The Labute approximate surface area is 159 Å². The van der Waals surface area contributed by atoms with E-state index in [4.69, 9.17) is 15.0 Å². The van der Waals surface area contributed by atoms with Crippen LogP contribution in [0.15, 0.2) is 18.2 Å². The molecule has 1 aliphatic heterocycles. The normalized spacial score (nSPS) is 14.8. The van der Waals surface area contributed by atoms with E-state index < -0.39 is 0 Å². The minimum absolute atomic E-state index is 0.0709. The van der Waals surface area contributed by atoms with Gasteiger partial charge in [-0.15, -0.1) is 0 Å². The van der Waals surface area contributed by atoms with Crippen LogP contribution in [0.25, 0.3) is 11.0 Å². The van der Waals surface area contributed by atoms with Crippen LogP contribution in [0.1, 0.15) is 42.0 Å². The first-order valence-corrected chi connectivity index (χ1v) is 9.55. The molecule has 7 heteroatoms. The highest BCUT2D eigenvalue weighted by atomic mass is 15.2. The molecule has 0 saturated carbocycles. The maximum atomic E-state index is 4.81. The molecule has 0 saturated heterocycles. The molecule has 0 fully saturated rings. The number of fused-ring (bicyclic) bond motifs is 2. The fourth-order valence-corrected chi connectivity index (χ4v) is 3.50. The summed E-state index contributed by atoms with van der Waals surface area (Å²) < 4.78 is 0. The van der Waals surface area contributed by atoms with Crippen LogP contribution >= 0.6 is 0 Å². The van der Waals surface area contributed by atoms with Gasteiger partial charge in [-0.2, -0.15) is 4.98 Å². The summed E-state index contributed by atoms with van der Waals surface area (Å²) in [6.07, 6.45) is 1.84. The predicted molar refractivity (Wildman–Crippen MR) is 109 cm³/mol. The lowest BCUT2D eigenvalue weighted by molar-refractivity contribution is 0.619. The van der Waals surface area contributed by atoms with E-state index in [1.54, 1.807) is 0 Å². The van der Waals surface area contributed by atoms with Crippen molar-refractivity contribution >= 4 is 22.8 Å². The number of imidazole rings is 1. The molecule has 7 nitrogen and oxygen atoms in total. The molecule has 3 N–H and O–H groups in total. The Morgan fingerprint density at radius 3 is 2.85 bits per heavy atom. The molecular formula is C20H27N7. The van der Waals surface area contributed by atoms with E-state index in [9.17, 15) is 0 Å². The van der Waals surface area contributed by atoms with Crippen molar-refractivity contribution in [2.24, 2.45) is 0 Å². The van der Waals surface area contributed by atoms with Crippen molar-refractivity contribution in [2.45, 2.75) is 39.3 Å². The molecule has 0 spiro atoms. The second kappa shape index (κ2) is 7.15. The Kier molecular flexibility index (Phi) is 4.70. The Morgan fingerprint density at radius 2 is 2.07 bits per heavy atom. The minimum atomic E-state index is 0.0709. The van der Waals surface area contributed by atoms with Crippen LogP contribution in [0.2, 0.25) is 0 Å². The van der Waals surface area contributed by atoms with Crippen LogP contribution in [0.4, 0.5) is 11.8 Å². The molecule has 0 amide bonds. The van der Waals surface area contributed by atoms with Crippen molar-refractivity contribution in [3.63, 3.8) is 0 Å². The fourth-order valence-electron chi connectivity index (χ4n) is 3.50. The Balaban J connectivity index is 1.71. The van der Waals surface area contributed by atoms with E-state index in [1.807, 2.05) is 19.0 Å². The van der Waals surface area contributed by atoms with Crippen LogP contribution in [0.3, 0.4) is 0 Å². The minimum Gasteiger partial charge on any atom is -0.360 e. The summed E-state index contributed by atoms with van der Waals surface area (Å²) in [6, 6.07) is 6.38. The number of nitrogens with one attached hydrogen (secondary N) is 3. The third-order valence-electron chi connectivity index (χ3n) is 5.03. The molecule has 3 heterocycles. The predicted octanol–water partition coefficient (Wildman–Crippen LogP) is 2.94. The van der Waals surface area contributed by atoms with Gasteiger partial charge in [0.1, 0.15) is 11.6 Å². The third kappa shape index (κ3) is 3.47. The molecule has 142 valence electrons. The number of nitrogens with zero attached hydrogens (tertiary/aromatic N) is 4. The van der Waals surface area contributed by atoms with E-state index in [-0.39, 0.29) is 6.04 Å². The molecule has 1 aromatic carbocycles. The van der Waals surface area contributed by atoms with Gasteiger partial charge in [-0.3, -0.25) is 0 Å². The van der Waals surface area contributed by atoms with Gasteiger partial charge in [0.15, 0.2) is 0 Å². The van der Waals surface area contributed by atoms with Crippen molar-refractivity contribution in [1.82, 2.24) is 25.3 Å². The molecule has 0 bridgehead atoms. The van der Waals surface area contributed by atoms with Crippen LogP contribution < -0.4 is 15.5 Å². The molecule has 1 aliphatic rings. The number of aromatic nitrogens is 4. The molecule has 4 rings (SSSR count). The highest BCUT2D eigenvalue weighted by molar-refractivity contribution is 5.76. The first-order chi connectivity index (χ1) is 13.0. The fraction of sp³-hybridized carbons (Fsp3) is 0.450. The highest BCUT2D eigenvalue weighted by Gasteiger charge is 2.22. The number of H-pyrrole nitrogens is 1. The lowest BCUT2D eigenvalue weighted by Crippen LogP contribution is -2.28. The smallest absolute Gasteiger partial charge is 0.227 e. The molecule has 1 unspecified atom stereocenters. The number of hydrogen-bond acceptors (Lipinski definition) is 6. The van der Waals surface area contributed by atoms with Gasteiger partial charge in [0.2, 0.25) is 5.95 Å². The van der Waals surface area contributed by atoms with Crippen LogP contribution in [0.5, 0.6) is 0 Å². The van der Waals surface area contributed by atoms with Crippen LogP contribution in [-0.4, -0.2) is 40.6 Å². The van der Waals surface area contributed by atoms with Gasteiger partial charge in [0.05, 0.1) is 22.8 Å². The van der Waals surface area contributed by atoms with Crippen molar-refractivity contribution < 1.29 is 0 Å². The topological polar surface area (TPSA) is 81.8 Å². The summed E-state index contributed by atoms with van der Waals surface area (Å²) in [4.78, 5) is 19.8. The van der Waals surface area contributed by atoms with Crippen LogP contribution in [0, 0.1) is 6.92 Å². The molecule has 0 radical (unpaired) electrons. The first kappa shape index (κ1) is 17.7. The average molecular weight is 365 g/mol. The van der Waals surface area contributed by atoms with Crippen molar-refractivity contribution in [3.8, 4) is 0 Å². The molecule has 27 heavy (non-hydrogen) atoms. The summed E-state index contributed by atoms with van der Waals surface area (Å²) in [5, 5.41) is 7.05. The maximum Gasteiger partial charge on any atom is 0.227 e. The van der Waals surface area contributed by atoms with Gasteiger partial charge in [0.25, 0.3) is 0 Å². The summed E-state index contributed by atoms with van der Waals surface area (Å²) in [6.45, 7) is 6.00. The number of aryl methyl sites for hydroxylation is 1. The number of aromatic amines is 1. The molecule has 3 aromatic rings. The highest BCUT2D eigenvalue weighted by Crippen LogP contribution is 2.28. The zero-order chi connectivity index (χ0) is 19.0. The number of benzene rings is 1. The van der Waals surface area contributed by atoms with Gasteiger partial charge < -0.3 is 20.5 Å². The molecule has 1 atom stereocenters. The van der Waals surface area contributed by atoms with Gasteiger partial charge in [0, 0.05) is 26.2 Å². The zero-order valence-electron chi connectivity index (χ0n) is 16.4. The number of rotatable bonds is 5. The Bertz CT molecular complexity index is 960. The van der Waals surface area contributed by atoms with E-state index in [0.29, 0.717) is 0 Å². The standard InChI is InChI=1S/C20H27N7/c1-5-14(19-23-15-7-6-12(2)10-16(15)24-19)22-18-13-8-9-21-11-17(13)25-20(26-18)27(3)4/h6-7,10,14,21H,5,8-9,11H2,1-4H3,(H,23,24)(H,22,25,26). The van der Waals surface area contributed by atoms with Crippen LogP contribution in [-0.2, 0) is 13.0 Å². The monoisotopic (exact) mass is 365 g/mol. The summed E-state index contributed by atoms with van der Waals surface area (Å²) in [5.41, 5.74) is 5.60. The Hall–Kier alpha value is -2.67. The van der Waals surface area contributed by atoms with E-state index >= 15 is 0 Å². The van der Waals surface area contributed by atoms with E-state index in [2.05, 4.69) is 47.7 Å². The summed E-state index contributed by atoms with van der Waals surface area (Å²) >= 11 is 0. The SMILES string of the molecule is CCC(Nc1nc(N(C)C)nc2c1CCNC2)c1nc2ccc(C)cc2[nH]1. The van der Waals surface area contributed by atoms with Gasteiger partial charge in [-0.1, -0.05) is 13.0 Å². The summed E-state index contributed by atoms with van der Waals surface area (Å²) in [5.74, 6) is 2.61. The largest absolute Gasteiger partial charge is 0.360 e. The maximum absolute atomic E-state index is 4.81. The van der Waals surface area contributed by atoms with Gasteiger partial charge in [-0.25, -0.2) is 9.97 Å². The van der Waals surface area contributed by atoms with Crippen molar-refractivity contribution in [1.29, 1.82) is 0 Å². The summed E-state index contributed by atoms with van der Waals surface area (Å²) in [7, 11) is 3.95. The first-order valence-electron chi connectivity index (χ1n) is 9.55. The molecular weight excluding hydrogens is 338 g/mol. The van der Waals surface area contributed by atoms with Gasteiger partial charge >= 0.3 is 0 Å². The van der Waals surface area contributed by atoms with E-state index in [1.165, 1.54) is 11.1 Å². The lowest BCUT2D eigenvalue weighted by Gasteiger charge is -2.24. The second-order valence-electron chi connectivity index (χ2n) is 7.37. The molecule has 0 aliphatic carbocycles. The van der Waals surface area contributed by atoms with Crippen molar-refractivity contribution in [3.05, 3.63) is 40.8 Å².